The molecule has 0 saturated carbocycles. The van der Waals surface area contributed by atoms with Crippen molar-refractivity contribution in [2.45, 2.75) is 24.6 Å². The van der Waals surface area contributed by atoms with Crippen LogP contribution in [-0.2, 0) is 16.4 Å². The molecule has 1 aromatic heterocycles. The van der Waals surface area contributed by atoms with Crippen LogP contribution >= 0.6 is 23.2 Å². The van der Waals surface area contributed by atoms with Crippen molar-refractivity contribution in [2.24, 2.45) is 0 Å². The molecule has 1 unspecified atom stereocenters. The SMILES string of the molecule is Nc1nc2cc(Cl)c(Cl)cc2n1CC1CCCS1(=O)=O. The highest BCUT2D eigenvalue weighted by atomic mass is 35.5. The van der Waals surface area contributed by atoms with Crippen molar-refractivity contribution in [3.05, 3.63) is 22.2 Å². The zero-order valence-electron chi connectivity index (χ0n) is 10.5. The molecule has 5 nitrogen and oxygen atoms in total. The van der Waals surface area contributed by atoms with Gasteiger partial charge in [-0.1, -0.05) is 23.2 Å². The van der Waals surface area contributed by atoms with Gasteiger partial charge in [-0.15, -0.1) is 0 Å². The first-order chi connectivity index (χ1) is 9.38. The van der Waals surface area contributed by atoms with E-state index in [4.69, 9.17) is 28.9 Å². The third-order valence-electron chi connectivity index (χ3n) is 3.67. The van der Waals surface area contributed by atoms with Gasteiger partial charge in [0.05, 0.1) is 32.1 Å². The maximum absolute atomic E-state index is 11.9. The summed E-state index contributed by atoms with van der Waals surface area (Å²) >= 11 is 12.0. The summed E-state index contributed by atoms with van der Waals surface area (Å²) in [6.45, 7) is 0.308. The number of anilines is 1. The fraction of sp³-hybridized carbons (Fsp3) is 0.417. The van der Waals surface area contributed by atoms with Crippen molar-refractivity contribution in [3.63, 3.8) is 0 Å². The van der Waals surface area contributed by atoms with E-state index in [9.17, 15) is 8.42 Å². The van der Waals surface area contributed by atoms with Gasteiger partial charge in [-0.2, -0.15) is 0 Å². The zero-order valence-corrected chi connectivity index (χ0v) is 12.8. The number of halogens is 2. The Morgan fingerprint density at radius 3 is 2.70 bits per heavy atom. The number of rotatable bonds is 2. The number of benzene rings is 1. The van der Waals surface area contributed by atoms with E-state index in [0.717, 1.165) is 0 Å². The Morgan fingerprint density at radius 2 is 2.05 bits per heavy atom. The molecule has 1 fully saturated rings. The minimum absolute atomic E-state index is 0.247. The van der Waals surface area contributed by atoms with Gasteiger partial charge in [0.1, 0.15) is 0 Å². The first kappa shape index (κ1) is 14.0. The fourth-order valence-corrected chi connectivity index (χ4v) is 4.72. The molecular weight excluding hydrogens is 321 g/mol. The van der Waals surface area contributed by atoms with E-state index in [-0.39, 0.29) is 11.7 Å². The van der Waals surface area contributed by atoms with Crippen LogP contribution in [0.2, 0.25) is 10.0 Å². The van der Waals surface area contributed by atoms with Gasteiger partial charge in [-0.3, -0.25) is 0 Å². The lowest BCUT2D eigenvalue weighted by molar-refractivity contribution is 0.571. The molecule has 2 heterocycles. The molecule has 8 heteroatoms. The smallest absolute Gasteiger partial charge is 0.201 e. The summed E-state index contributed by atoms with van der Waals surface area (Å²) in [5.41, 5.74) is 7.22. The molecule has 1 aliphatic rings. The Labute approximate surface area is 126 Å². The molecule has 1 aromatic carbocycles. The van der Waals surface area contributed by atoms with Crippen LogP contribution in [0.5, 0.6) is 0 Å². The van der Waals surface area contributed by atoms with E-state index >= 15 is 0 Å². The highest BCUT2D eigenvalue weighted by Gasteiger charge is 2.32. The molecule has 3 rings (SSSR count). The van der Waals surface area contributed by atoms with Crippen molar-refractivity contribution in [1.29, 1.82) is 0 Å². The van der Waals surface area contributed by atoms with Crippen molar-refractivity contribution in [1.82, 2.24) is 9.55 Å². The second-order valence-electron chi connectivity index (χ2n) is 4.97. The number of fused-ring (bicyclic) bond motifs is 1. The molecule has 1 aliphatic heterocycles. The monoisotopic (exact) mass is 333 g/mol. The van der Waals surface area contributed by atoms with Crippen molar-refractivity contribution >= 4 is 50.0 Å². The van der Waals surface area contributed by atoms with Gasteiger partial charge in [0.25, 0.3) is 0 Å². The number of imidazole rings is 1. The third kappa shape index (κ3) is 2.25. The van der Waals surface area contributed by atoms with E-state index in [1.54, 1.807) is 16.7 Å². The number of sulfone groups is 1. The Bertz CT molecular complexity index is 786. The summed E-state index contributed by atoms with van der Waals surface area (Å²) < 4.78 is 25.6. The minimum atomic E-state index is -3.03. The molecule has 2 N–H and O–H groups in total. The molecule has 0 spiro atoms. The molecule has 108 valence electrons. The molecule has 2 aromatic rings. The number of nitrogen functional groups attached to an aromatic ring is 1. The van der Waals surface area contributed by atoms with E-state index in [0.29, 0.717) is 40.5 Å². The number of hydrogen-bond donors (Lipinski definition) is 1. The van der Waals surface area contributed by atoms with Crippen molar-refractivity contribution < 1.29 is 8.42 Å². The molecule has 1 saturated heterocycles. The summed E-state index contributed by atoms with van der Waals surface area (Å²) in [7, 11) is -3.03. The fourth-order valence-electron chi connectivity index (χ4n) is 2.60. The van der Waals surface area contributed by atoms with Crippen LogP contribution in [0.1, 0.15) is 12.8 Å². The average Bonchev–Trinajstić information content (AvgIpc) is 2.83. The predicted molar refractivity (Wildman–Crippen MR) is 81.0 cm³/mol. The molecule has 0 bridgehead atoms. The Balaban J connectivity index is 2.07. The zero-order chi connectivity index (χ0) is 14.5. The molecule has 20 heavy (non-hydrogen) atoms. The van der Waals surface area contributed by atoms with Crippen LogP contribution in [0.25, 0.3) is 11.0 Å². The van der Waals surface area contributed by atoms with Gasteiger partial charge in [0, 0.05) is 6.54 Å². The second kappa shape index (κ2) is 4.79. The largest absolute Gasteiger partial charge is 0.369 e. The van der Waals surface area contributed by atoms with E-state index < -0.39 is 15.1 Å². The van der Waals surface area contributed by atoms with Gasteiger partial charge in [-0.05, 0) is 25.0 Å². The molecular formula is C12H13Cl2N3O2S. The van der Waals surface area contributed by atoms with Gasteiger partial charge in [0.15, 0.2) is 9.84 Å². The predicted octanol–water partition coefficient (Wildman–Crippen LogP) is 2.50. The van der Waals surface area contributed by atoms with E-state index in [2.05, 4.69) is 4.98 Å². The maximum atomic E-state index is 11.9. The molecule has 0 radical (unpaired) electrons. The highest BCUT2D eigenvalue weighted by molar-refractivity contribution is 7.92. The Morgan fingerprint density at radius 1 is 1.35 bits per heavy atom. The third-order valence-corrected chi connectivity index (χ3v) is 6.65. The number of nitrogens with two attached hydrogens (primary N) is 1. The first-order valence-electron chi connectivity index (χ1n) is 6.21. The van der Waals surface area contributed by atoms with Crippen molar-refractivity contribution in [2.75, 3.05) is 11.5 Å². The first-order valence-corrected chi connectivity index (χ1v) is 8.68. The Hall–Kier alpha value is -0.980. The molecule has 0 amide bonds. The number of aromatic nitrogens is 2. The van der Waals surface area contributed by atoms with Gasteiger partial charge in [0.2, 0.25) is 5.95 Å². The van der Waals surface area contributed by atoms with E-state index in [1.165, 1.54) is 0 Å². The summed E-state index contributed by atoms with van der Waals surface area (Å²) in [6, 6.07) is 3.30. The lowest BCUT2D eigenvalue weighted by Gasteiger charge is -2.12. The highest BCUT2D eigenvalue weighted by Crippen LogP contribution is 2.30. The summed E-state index contributed by atoms with van der Waals surface area (Å²) in [5, 5.41) is 0.392. The van der Waals surface area contributed by atoms with Gasteiger partial charge >= 0.3 is 0 Å². The average molecular weight is 334 g/mol. The topological polar surface area (TPSA) is 78.0 Å². The lowest BCUT2D eigenvalue weighted by atomic mass is 10.2. The van der Waals surface area contributed by atoms with Crippen LogP contribution in [0.4, 0.5) is 5.95 Å². The van der Waals surface area contributed by atoms with Gasteiger partial charge < -0.3 is 10.3 Å². The quantitative estimate of drug-likeness (QED) is 0.915. The summed E-state index contributed by atoms with van der Waals surface area (Å²) in [5.74, 6) is 0.525. The Kier molecular flexibility index (Phi) is 3.35. The summed E-state index contributed by atoms with van der Waals surface area (Å²) in [6.07, 6.45) is 1.36. The van der Waals surface area contributed by atoms with Crippen LogP contribution in [0.15, 0.2) is 12.1 Å². The maximum Gasteiger partial charge on any atom is 0.201 e. The second-order valence-corrected chi connectivity index (χ2v) is 8.18. The van der Waals surface area contributed by atoms with Crippen LogP contribution < -0.4 is 5.73 Å². The lowest BCUT2D eigenvalue weighted by Crippen LogP contribution is -2.23. The molecule has 0 aliphatic carbocycles. The normalized spacial score (nSPS) is 21.6. The van der Waals surface area contributed by atoms with Crippen LogP contribution in [0.3, 0.4) is 0 Å². The molecule has 1 atom stereocenters. The van der Waals surface area contributed by atoms with Crippen molar-refractivity contribution in [3.8, 4) is 0 Å². The van der Waals surface area contributed by atoms with Gasteiger partial charge in [-0.25, -0.2) is 13.4 Å². The number of hydrogen-bond acceptors (Lipinski definition) is 4. The van der Waals surface area contributed by atoms with Crippen LogP contribution in [-0.4, -0.2) is 29.0 Å². The van der Waals surface area contributed by atoms with E-state index in [1.807, 2.05) is 0 Å². The standard InChI is InChI=1S/C12H13Cl2N3O2S/c13-8-4-10-11(5-9(8)14)17(12(15)16-10)6-7-2-1-3-20(7,18)19/h4-5,7H,1-3,6H2,(H2,15,16). The number of nitrogens with zero attached hydrogens (tertiary/aromatic N) is 2. The summed E-state index contributed by atoms with van der Waals surface area (Å²) in [4.78, 5) is 4.21. The minimum Gasteiger partial charge on any atom is -0.369 e. The van der Waals surface area contributed by atoms with Crippen LogP contribution in [0, 0.1) is 0 Å².